The van der Waals surface area contributed by atoms with Crippen molar-refractivity contribution in [1.82, 2.24) is 4.90 Å². The molecule has 12 heteroatoms. The van der Waals surface area contributed by atoms with Crippen LogP contribution < -0.4 is 4.90 Å². The maximum atomic E-state index is 13.2. The van der Waals surface area contributed by atoms with Crippen LogP contribution in [0, 0.1) is 16.0 Å². The normalized spacial score (nSPS) is 22.4. The van der Waals surface area contributed by atoms with E-state index in [-0.39, 0.29) is 67.5 Å². The van der Waals surface area contributed by atoms with E-state index in [0.29, 0.717) is 0 Å². The summed E-state index contributed by atoms with van der Waals surface area (Å²) >= 11 is 0. The number of anilines is 1. The Bertz CT molecular complexity index is 905. The van der Waals surface area contributed by atoms with Gasteiger partial charge in [0, 0.05) is 38.3 Å². The lowest BCUT2D eigenvalue weighted by molar-refractivity contribution is -0.384. The molecule has 3 rings (SSSR count). The van der Waals surface area contributed by atoms with Crippen molar-refractivity contribution < 1.29 is 31.3 Å². The quantitative estimate of drug-likeness (QED) is 0.533. The van der Waals surface area contributed by atoms with Crippen LogP contribution in [0.4, 0.5) is 24.5 Å². The van der Waals surface area contributed by atoms with Gasteiger partial charge in [0.2, 0.25) is 0 Å². The van der Waals surface area contributed by atoms with Crippen LogP contribution in [-0.2, 0) is 9.84 Å². The van der Waals surface area contributed by atoms with Gasteiger partial charge in [0.1, 0.15) is 0 Å². The molecule has 0 radical (unpaired) electrons. The van der Waals surface area contributed by atoms with Gasteiger partial charge in [0.15, 0.2) is 9.84 Å². The smallest absolute Gasteiger partial charge is 0.370 e. The van der Waals surface area contributed by atoms with Gasteiger partial charge < -0.3 is 9.80 Å². The van der Waals surface area contributed by atoms with Gasteiger partial charge in [-0.25, -0.2) is 8.42 Å². The van der Waals surface area contributed by atoms with Crippen molar-refractivity contribution in [2.24, 2.45) is 5.92 Å². The number of alkyl halides is 3. The minimum atomic E-state index is -4.40. The van der Waals surface area contributed by atoms with Crippen molar-refractivity contribution in [2.45, 2.75) is 19.0 Å². The molecule has 0 saturated carbocycles. The first kappa shape index (κ1) is 21.3. The minimum Gasteiger partial charge on any atom is -0.370 e. The van der Waals surface area contributed by atoms with E-state index in [1.807, 2.05) is 0 Å². The van der Waals surface area contributed by atoms with Crippen LogP contribution in [0.2, 0.25) is 0 Å². The molecule has 160 valence electrons. The molecule has 2 aliphatic heterocycles. The zero-order valence-electron chi connectivity index (χ0n) is 15.4. The summed E-state index contributed by atoms with van der Waals surface area (Å²) in [6.07, 6.45) is -4.20. The van der Waals surface area contributed by atoms with E-state index < -0.39 is 32.8 Å². The number of nitro benzene ring substituents is 1. The predicted molar refractivity (Wildman–Crippen MR) is 98.6 cm³/mol. The summed E-state index contributed by atoms with van der Waals surface area (Å²) in [5.41, 5.74) is -0.212. The lowest BCUT2D eigenvalue weighted by Crippen LogP contribution is -2.45. The lowest BCUT2D eigenvalue weighted by Gasteiger charge is -2.36. The van der Waals surface area contributed by atoms with Crippen LogP contribution in [0.5, 0.6) is 0 Å². The van der Waals surface area contributed by atoms with Gasteiger partial charge in [0.05, 0.1) is 33.6 Å². The molecule has 0 aromatic heterocycles. The summed E-state index contributed by atoms with van der Waals surface area (Å²) < 4.78 is 62.8. The zero-order chi connectivity index (χ0) is 21.4. The molecule has 29 heavy (non-hydrogen) atoms. The second-order valence-corrected chi connectivity index (χ2v) is 9.53. The SMILES string of the molecule is O=C(c1ccc([N+](=O)[O-])cc1N1CCCC(C(F)(F)F)C1)N1CCS(=O)(=O)CC1. The molecule has 0 spiro atoms. The second kappa shape index (κ2) is 7.81. The van der Waals surface area contributed by atoms with Crippen LogP contribution in [0.3, 0.4) is 0 Å². The van der Waals surface area contributed by atoms with E-state index in [4.69, 9.17) is 0 Å². The third-order valence-corrected chi connectivity index (χ3v) is 6.89. The molecule has 0 N–H and O–H groups in total. The fourth-order valence-corrected chi connectivity index (χ4v) is 4.83. The van der Waals surface area contributed by atoms with Gasteiger partial charge in [-0.15, -0.1) is 0 Å². The van der Waals surface area contributed by atoms with Crippen LogP contribution in [-0.4, -0.2) is 68.0 Å². The Morgan fingerprint density at radius 3 is 2.41 bits per heavy atom. The van der Waals surface area contributed by atoms with Crippen molar-refractivity contribution in [3.8, 4) is 0 Å². The number of rotatable bonds is 3. The number of nitrogens with zero attached hydrogens (tertiary/aromatic N) is 3. The van der Waals surface area contributed by atoms with Crippen molar-refractivity contribution in [3.63, 3.8) is 0 Å². The van der Waals surface area contributed by atoms with Crippen LogP contribution in [0.15, 0.2) is 18.2 Å². The van der Waals surface area contributed by atoms with Gasteiger partial charge in [0.25, 0.3) is 11.6 Å². The summed E-state index contributed by atoms with van der Waals surface area (Å²) in [6.45, 7) is -0.201. The van der Waals surface area contributed by atoms with Crippen molar-refractivity contribution in [1.29, 1.82) is 0 Å². The minimum absolute atomic E-state index is 0.0250. The van der Waals surface area contributed by atoms with Crippen molar-refractivity contribution in [2.75, 3.05) is 42.6 Å². The predicted octanol–water partition coefficient (Wildman–Crippen LogP) is 2.24. The number of halogens is 3. The molecule has 0 bridgehead atoms. The summed E-state index contributed by atoms with van der Waals surface area (Å²) in [6, 6.07) is 3.48. The molecule has 1 atom stereocenters. The molecule has 1 unspecified atom stereocenters. The first-order valence-electron chi connectivity index (χ1n) is 9.08. The molecule has 2 fully saturated rings. The number of piperidine rings is 1. The molecular weight excluding hydrogens is 415 g/mol. The number of carbonyl (C=O) groups is 1. The molecule has 1 amide bonds. The number of nitro groups is 1. The number of hydrogen-bond donors (Lipinski definition) is 0. The topological polar surface area (TPSA) is 101 Å². The largest absolute Gasteiger partial charge is 0.393 e. The fraction of sp³-hybridized carbons (Fsp3) is 0.588. The third-order valence-electron chi connectivity index (χ3n) is 5.28. The number of amides is 1. The Hall–Kier alpha value is -2.37. The zero-order valence-corrected chi connectivity index (χ0v) is 16.2. The number of carbonyl (C=O) groups excluding carboxylic acids is 1. The summed E-state index contributed by atoms with van der Waals surface area (Å²) in [5, 5.41) is 11.2. The maximum Gasteiger partial charge on any atom is 0.393 e. The van der Waals surface area contributed by atoms with E-state index in [9.17, 15) is 36.5 Å². The second-order valence-electron chi connectivity index (χ2n) is 7.23. The highest BCUT2D eigenvalue weighted by molar-refractivity contribution is 7.91. The maximum absolute atomic E-state index is 13.2. The molecule has 2 heterocycles. The van der Waals surface area contributed by atoms with Crippen molar-refractivity contribution in [3.05, 3.63) is 33.9 Å². The lowest BCUT2D eigenvalue weighted by atomic mass is 9.96. The van der Waals surface area contributed by atoms with E-state index in [1.54, 1.807) is 0 Å². The Kier molecular flexibility index (Phi) is 5.74. The fourth-order valence-electron chi connectivity index (χ4n) is 3.63. The highest BCUT2D eigenvalue weighted by Gasteiger charge is 2.42. The average Bonchev–Trinajstić information content (AvgIpc) is 2.66. The Labute approximate surface area is 165 Å². The summed E-state index contributed by atoms with van der Waals surface area (Å²) in [5.74, 6) is -2.51. The highest BCUT2D eigenvalue weighted by Crippen LogP contribution is 2.37. The standard InChI is InChI=1S/C17H20F3N3O5S/c18-17(19,20)12-2-1-5-22(11-12)15-10-13(23(25)26)3-4-14(15)16(24)21-6-8-29(27,28)9-7-21/h3-4,10,12H,1-2,5-9,11H2. The van der Waals surface area contributed by atoms with E-state index >= 15 is 0 Å². The van der Waals surface area contributed by atoms with Gasteiger partial charge in [-0.2, -0.15) is 13.2 Å². The third kappa shape index (κ3) is 4.80. The van der Waals surface area contributed by atoms with Crippen LogP contribution in [0.25, 0.3) is 0 Å². The Morgan fingerprint density at radius 1 is 1.17 bits per heavy atom. The van der Waals surface area contributed by atoms with Gasteiger partial charge in [-0.1, -0.05) is 0 Å². The first-order chi connectivity index (χ1) is 13.5. The van der Waals surface area contributed by atoms with E-state index in [1.165, 1.54) is 15.9 Å². The van der Waals surface area contributed by atoms with Gasteiger partial charge in [-0.3, -0.25) is 14.9 Å². The molecule has 1 aromatic carbocycles. The van der Waals surface area contributed by atoms with E-state index in [0.717, 1.165) is 12.1 Å². The average molecular weight is 435 g/mol. The van der Waals surface area contributed by atoms with Crippen LogP contribution >= 0.6 is 0 Å². The molecular formula is C17H20F3N3O5S. The Morgan fingerprint density at radius 2 is 1.83 bits per heavy atom. The number of non-ortho nitro benzene ring substituents is 1. The highest BCUT2D eigenvalue weighted by atomic mass is 32.2. The van der Waals surface area contributed by atoms with E-state index in [2.05, 4.69) is 0 Å². The number of sulfone groups is 1. The molecule has 2 saturated heterocycles. The summed E-state index contributed by atoms with van der Waals surface area (Å²) in [7, 11) is -3.22. The van der Waals surface area contributed by atoms with Crippen molar-refractivity contribution >= 4 is 27.1 Å². The number of benzene rings is 1. The molecule has 8 nitrogen and oxygen atoms in total. The first-order valence-corrected chi connectivity index (χ1v) is 10.9. The Balaban J connectivity index is 1.93. The number of hydrogen-bond acceptors (Lipinski definition) is 6. The van der Waals surface area contributed by atoms with Gasteiger partial charge in [-0.05, 0) is 18.9 Å². The monoisotopic (exact) mass is 435 g/mol. The summed E-state index contributed by atoms with van der Waals surface area (Å²) in [4.78, 5) is 26.1. The molecule has 0 aliphatic carbocycles. The van der Waals surface area contributed by atoms with Crippen LogP contribution in [0.1, 0.15) is 23.2 Å². The van der Waals surface area contributed by atoms with Gasteiger partial charge >= 0.3 is 6.18 Å². The molecule has 2 aliphatic rings. The molecule has 1 aromatic rings.